The average molecular weight is 312 g/mol. The Kier molecular flexibility index (Phi) is 5.80. The quantitative estimate of drug-likeness (QED) is 0.575. The molecule has 1 aromatic carbocycles. The van der Waals surface area contributed by atoms with E-state index < -0.39 is 0 Å². The van der Waals surface area contributed by atoms with Gasteiger partial charge in [0, 0.05) is 0 Å². The monoisotopic (exact) mass is 312 g/mol. The molecule has 2 aliphatic carbocycles. The lowest BCUT2D eigenvalue weighted by molar-refractivity contribution is 0.239. The summed E-state index contributed by atoms with van der Waals surface area (Å²) in [7, 11) is 1.74. The Bertz CT molecular complexity index is 493. The van der Waals surface area contributed by atoms with Crippen LogP contribution in [0, 0.1) is 17.8 Å². The zero-order chi connectivity index (χ0) is 16.1. The molecule has 0 aliphatic heterocycles. The van der Waals surface area contributed by atoms with Gasteiger partial charge in [-0.15, -0.1) is 0 Å². The van der Waals surface area contributed by atoms with Gasteiger partial charge in [-0.25, -0.2) is 0 Å². The maximum absolute atomic E-state index is 5.27. The topological polar surface area (TPSA) is 9.23 Å². The summed E-state index contributed by atoms with van der Waals surface area (Å²) in [5.41, 5.74) is 1.51. The second-order valence-electron chi connectivity index (χ2n) is 7.56. The van der Waals surface area contributed by atoms with Gasteiger partial charge in [-0.1, -0.05) is 37.6 Å². The Morgan fingerprint density at radius 2 is 1.65 bits per heavy atom. The second kappa shape index (κ2) is 8.04. The fourth-order valence-corrected chi connectivity index (χ4v) is 4.66. The lowest BCUT2D eigenvalue weighted by atomic mass is 9.70. The van der Waals surface area contributed by atoms with E-state index in [-0.39, 0.29) is 0 Å². The van der Waals surface area contributed by atoms with Crippen molar-refractivity contribution in [3.05, 3.63) is 42.0 Å². The van der Waals surface area contributed by atoms with Gasteiger partial charge in [0.05, 0.1) is 7.11 Å². The summed E-state index contributed by atoms with van der Waals surface area (Å²) in [5.74, 6) is 4.39. The second-order valence-corrected chi connectivity index (χ2v) is 7.56. The molecule has 0 aromatic heterocycles. The van der Waals surface area contributed by atoms with Crippen molar-refractivity contribution in [3.63, 3.8) is 0 Å². The predicted molar refractivity (Wildman–Crippen MR) is 98.0 cm³/mol. The average Bonchev–Trinajstić information content (AvgIpc) is 2.63. The highest BCUT2D eigenvalue weighted by atomic mass is 16.5. The maximum atomic E-state index is 5.27. The number of hydrogen-bond acceptors (Lipinski definition) is 1. The van der Waals surface area contributed by atoms with E-state index >= 15 is 0 Å². The summed E-state index contributed by atoms with van der Waals surface area (Å²) in [4.78, 5) is 0. The van der Waals surface area contributed by atoms with Crippen molar-refractivity contribution in [3.8, 4) is 5.75 Å². The minimum atomic E-state index is 0.762. The Morgan fingerprint density at radius 3 is 2.22 bits per heavy atom. The van der Waals surface area contributed by atoms with E-state index in [0.717, 1.165) is 29.4 Å². The van der Waals surface area contributed by atoms with Crippen LogP contribution in [0.1, 0.15) is 69.8 Å². The van der Waals surface area contributed by atoms with E-state index in [9.17, 15) is 0 Å². The Balaban J connectivity index is 1.51. The number of methoxy groups -OCH3 is 1. The van der Waals surface area contributed by atoms with Crippen LogP contribution in [0.2, 0.25) is 0 Å². The fraction of sp³-hybridized carbons (Fsp3) is 0.636. The van der Waals surface area contributed by atoms with Crippen LogP contribution in [0.3, 0.4) is 0 Å². The van der Waals surface area contributed by atoms with Gasteiger partial charge in [0.1, 0.15) is 5.75 Å². The van der Waals surface area contributed by atoms with Crippen LogP contribution in [0.25, 0.3) is 0 Å². The minimum absolute atomic E-state index is 0.762. The molecule has 0 heterocycles. The van der Waals surface area contributed by atoms with Crippen LogP contribution >= 0.6 is 0 Å². The number of hydrogen-bond donors (Lipinski definition) is 0. The first-order valence-electron chi connectivity index (χ1n) is 9.62. The van der Waals surface area contributed by atoms with Gasteiger partial charge >= 0.3 is 0 Å². The van der Waals surface area contributed by atoms with Crippen molar-refractivity contribution in [2.24, 2.45) is 17.8 Å². The van der Waals surface area contributed by atoms with E-state index in [1.54, 1.807) is 7.11 Å². The van der Waals surface area contributed by atoms with Gasteiger partial charge in [0.25, 0.3) is 0 Å². The van der Waals surface area contributed by atoms with Crippen molar-refractivity contribution in [1.82, 2.24) is 0 Å². The highest BCUT2D eigenvalue weighted by Crippen LogP contribution is 2.42. The van der Waals surface area contributed by atoms with Gasteiger partial charge in [-0.2, -0.15) is 0 Å². The van der Waals surface area contributed by atoms with E-state index in [1.165, 1.54) is 56.9 Å². The summed E-state index contributed by atoms with van der Waals surface area (Å²) in [6, 6.07) is 8.75. The summed E-state index contributed by atoms with van der Waals surface area (Å²) >= 11 is 0. The van der Waals surface area contributed by atoms with Gasteiger partial charge < -0.3 is 4.74 Å². The van der Waals surface area contributed by atoms with Crippen LogP contribution in [0.15, 0.2) is 36.4 Å². The largest absolute Gasteiger partial charge is 0.497 e. The Labute approximate surface area is 142 Å². The van der Waals surface area contributed by atoms with E-state index in [1.807, 2.05) is 0 Å². The zero-order valence-corrected chi connectivity index (χ0v) is 14.8. The Morgan fingerprint density at radius 1 is 0.913 bits per heavy atom. The molecule has 1 saturated carbocycles. The van der Waals surface area contributed by atoms with Gasteiger partial charge in [0.2, 0.25) is 0 Å². The van der Waals surface area contributed by atoms with Gasteiger partial charge in [-0.05, 0) is 86.3 Å². The molecular weight excluding hydrogens is 280 g/mol. The standard InChI is InChI=1S/C22H32O/c1-3-4-17-5-7-18(8-6-17)19-9-11-20(12-10-19)21-13-15-22(23-2)16-14-21/h5,7,13-20H,3-4,6,8-12H2,1-2H3. The third-order valence-corrected chi connectivity index (χ3v) is 6.13. The number of benzene rings is 1. The zero-order valence-electron chi connectivity index (χ0n) is 14.8. The van der Waals surface area contributed by atoms with Crippen molar-refractivity contribution in [1.29, 1.82) is 0 Å². The van der Waals surface area contributed by atoms with E-state index in [2.05, 4.69) is 43.3 Å². The summed E-state index contributed by atoms with van der Waals surface area (Å²) in [6.45, 7) is 2.31. The first kappa shape index (κ1) is 16.6. The third kappa shape index (κ3) is 4.19. The van der Waals surface area contributed by atoms with Gasteiger partial charge in [0.15, 0.2) is 0 Å². The van der Waals surface area contributed by atoms with Crippen LogP contribution in [0.5, 0.6) is 5.75 Å². The molecule has 0 saturated heterocycles. The third-order valence-electron chi connectivity index (χ3n) is 6.13. The summed E-state index contributed by atoms with van der Waals surface area (Å²) < 4.78 is 5.27. The van der Waals surface area contributed by atoms with Crippen molar-refractivity contribution in [2.45, 2.75) is 64.2 Å². The van der Waals surface area contributed by atoms with E-state index in [4.69, 9.17) is 4.74 Å². The van der Waals surface area contributed by atoms with E-state index in [0.29, 0.717) is 0 Å². The van der Waals surface area contributed by atoms with Crippen LogP contribution in [-0.4, -0.2) is 7.11 Å². The molecule has 2 atom stereocenters. The van der Waals surface area contributed by atoms with Crippen molar-refractivity contribution in [2.75, 3.05) is 7.11 Å². The smallest absolute Gasteiger partial charge is 0.118 e. The van der Waals surface area contributed by atoms with Crippen molar-refractivity contribution < 1.29 is 4.74 Å². The number of ether oxygens (including phenoxy) is 1. The summed E-state index contributed by atoms with van der Waals surface area (Å²) in [5, 5.41) is 0. The molecular formula is C22H32O. The molecule has 1 aromatic rings. The lowest BCUT2D eigenvalue weighted by Crippen LogP contribution is -2.22. The van der Waals surface area contributed by atoms with Gasteiger partial charge in [-0.3, -0.25) is 0 Å². The predicted octanol–water partition coefficient (Wildman–Crippen LogP) is 6.35. The highest BCUT2D eigenvalue weighted by molar-refractivity contribution is 5.29. The molecule has 0 radical (unpaired) electrons. The molecule has 3 rings (SSSR count). The Hall–Kier alpha value is -1.24. The summed E-state index contributed by atoms with van der Waals surface area (Å²) in [6.07, 6.45) is 16.2. The molecule has 2 unspecified atom stereocenters. The molecule has 0 N–H and O–H groups in total. The normalized spacial score (nSPS) is 31.0. The molecule has 0 amide bonds. The van der Waals surface area contributed by atoms with Crippen LogP contribution in [0.4, 0.5) is 0 Å². The minimum Gasteiger partial charge on any atom is -0.497 e. The fourth-order valence-electron chi connectivity index (χ4n) is 4.66. The molecule has 126 valence electrons. The highest BCUT2D eigenvalue weighted by Gasteiger charge is 2.28. The lowest BCUT2D eigenvalue weighted by Gasteiger charge is -2.35. The molecule has 0 spiro atoms. The number of allylic oxidation sites excluding steroid dienone is 2. The van der Waals surface area contributed by atoms with Crippen molar-refractivity contribution >= 4 is 0 Å². The molecule has 1 fully saturated rings. The number of rotatable bonds is 5. The molecule has 2 aliphatic rings. The molecule has 1 heteroatoms. The first-order chi connectivity index (χ1) is 11.3. The molecule has 0 bridgehead atoms. The van der Waals surface area contributed by atoms with Crippen LogP contribution < -0.4 is 4.74 Å². The SMILES string of the molecule is CCCC1C=CC(C2CCC(c3ccc(OC)cc3)CC2)CC1. The first-order valence-corrected chi connectivity index (χ1v) is 9.62. The molecule has 1 nitrogen and oxygen atoms in total. The van der Waals surface area contributed by atoms with Crippen LogP contribution in [-0.2, 0) is 0 Å². The maximum Gasteiger partial charge on any atom is 0.118 e. The molecule has 23 heavy (non-hydrogen) atoms.